The first-order chi connectivity index (χ1) is 11.6. The van der Waals surface area contributed by atoms with Crippen LogP contribution in [0, 0.1) is 12.8 Å². The molecular formula is C17H16N4O2S. The van der Waals surface area contributed by atoms with Gasteiger partial charge < -0.3 is 4.90 Å². The second-order valence-electron chi connectivity index (χ2n) is 6.11. The number of carbonyl (C=O) groups is 1. The van der Waals surface area contributed by atoms with Crippen LogP contribution in [0.25, 0.3) is 10.2 Å². The van der Waals surface area contributed by atoms with E-state index in [1.165, 1.54) is 22.1 Å². The summed E-state index contributed by atoms with van der Waals surface area (Å²) in [4.78, 5) is 30.4. The van der Waals surface area contributed by atoms with Crippen LogP contribution in [0.3, 0.4) is 0 Å². The van der Waals surface area contributed by atoms with Crippen LogP contribution in [0.5, 0.6) is 0 Å². The molecule has 3 heterocycles. The van der Waals surface area contributed by atoms with Gasteiger partial charge in [0, 0.05) is 30.6 Å². The summed E-state index contributed by atoms with van der Waals surface area (Å²) in [5, 5.41) is 4.25. The van der Waals surface area contributed by atoms with Gasteiger partial charge in [0.15, 0.2) is 0 Å². The lowest BCUT2D eigenvalue weighted by Crippen LogP contribution is -2.52. The Morgan fingerprint density at radius 1 is 1.29 bits per heavy atom. The van der Waals surface area contributed by atoms with Gasteiger partial charge in [0.1, 0.15) is 0 Å². The summed E-state index contributed by atoms with van der Waals surface area (Å²) in [5.41, 5.74) is 4.12. The number of aromatic nitrogens is 3. The third kappa shape index (κ3) is 2.71. The Labute approximate surface area is 142 Å². The van der Waals surface area contributed by atoms with E-state index in [0.29, 0.717) is 25.2 Å². The monoisotopic (exact) mass is 340 g/mol. The Kier molecular flexibility index (Phi) is 3.65. The van der Waals surface area contributed by atoms with Crippen LogP contribution in [0.15, 0.2) is 40.6 Å². The fourth-order valence-electron chi connectivity index (χ4n) is 2.95. The van der Waals surface area contributed by atoms with E-state index in [9.17, 15) is 9.59 Å². The van der Waals surface area contributed by atoms with Crippen molar-refractivity contribution in [3.8, 4) is 0 Å². The topological polar surface area (TPSA) is 68.1 Å². The molecule has 0 spiro atoms. The SMILES string of the molecule is Cc1ccc(=O)n(CC2CN(C(=O)c3ccc4ncsc4c3)C2)n1. The van der Waals surface area contributed by atoms with Crippen LogP contribution in [-0.4, -0.2) is 38.7 Å². The molecule has 122 valence electrons. The zero-order chi connectivity index (χ0) is 16.7. The molecule has 24 heavy (non-hydrogen) atoms. The summed E-state index contributed by atoms with van der Waals surface area (Å²) < 4.78 is 2.51. The van der Waals surface area contributed by atoms with Crippen molar-refractivity contribution in [1.82, 2.24) is 19.7 Å². The zero-order valence-electron chi connectivity index (χ0n) is 13.2. The molecule has 0 saturated carbocycles. The number of aryl methyl sites for hydroxylation is 1. The van der Waals surface area contributed by atoms with Crippen LogP contribution in [0.4, 0.5) is 0 Å². The van der Waals surface area contributed by atoms with Gasteiger partial charge in [-0.2, -0.15) is 5.10 Å². The van der Waals surface area contributed by atoms with E-state index in [-0.39, 0.29) is 17.4 Å². The van der Waals surface area contributed by atoms with E-state index in [1.807, 2.05) is 30.0 Å². The van der Waals surface area contributed by atoms with Gasteiger partial charge in [-0.3, -0.25) is 9.59 Å². The van der Waals surface area contributed by atoms with Crippen molar-refractivity contribution in [2.45, 2.75) is 13.5 Å². The van der Waals surface area contributed by atoms with Gasteiger partial charge in [-0.05, 0) is 31.2 Å². The number of amides is 1. The first-order valence-electron chi connectivity index (χ1n) is 7.77. The molecule has 4 rings (SSSR count). The normalized spacial score (nSPS) is 14.8. The summed E-state index contributed by atoms with van der Waals surface area (Å²) in [6.45, 7) is 3.73. The Morgan fingerprint density at radius 2 is 2.12 bits per heavy atom. The van der Waals surface area contributed by atoms with E-state index in [1.54, 1.807) is 11.6 Å². The minimum Gasteiger partial charge on any atom is -0.338 e. The number of fused-ring (bicyclic) bond motifs is 1. The quantitative estimate of drug-likeness (QED) is 0.731. The third-order valence-electron chi connectivity index (χ3n) is 4.25. The van der Waals surface area contributed by atoms with E-state index in [0.717, 1.165) is 15.9 Å². The predicted octanol–water partition coefficient (Wildman–Crippen LogP) is 1.93. The summed E-state index contributed by atoms with van der Waals surface area (Å²) in [6, 6.07) is 8.85. The fourth-order valence-corrected chi connectivity index (χ4v) is 3.66. The van der Waals surface area contributed by atoms with Gasteiger partial charge in [-0.15, -0.1) is 11.3 Å². The molecule has 3 aromatic rings. The van der Waals surface area contributed by atoms with Crippen LogP contribution < -0.4 is 5.56 Å². The minimum atomic E-state index is -0.0963. The van der Waals surface area contributed by atoms with E-state index in [4.69, 9.17) is 0 Å². The van der Waals surface area contributed by atoms with Crippen molar-refractivity contribution in [3.05, 3.63) is 57.5 Å². The molecule has 0 atom stereocenters. The highest BCUT2D eigenvalue weighted by molar-refractivity contribution is 7.16. The Bertz CT molecular complexity index is 972. The summed E-state index contributed by atoms with van der Waals surface area (Å²) in [7, 11) is 0. The lowest BCUT2D eigenvalue weighted by Gasteiger charge is -2.39. The van der Waals surface area contributed by atoms with Gasteiger partial charge in [-0.25, -0.2) is 9.67 Å². The molecule has 0 unspecified atom stereocenters. The van der Waals surface area contributed by atoms with E-state index < -0.39 is 0 Å². The highest BCUT2D eigenvalue weighted by atomic mass is 32.1. The van der Waals surface area contributed by atoms with Crippen LogP contribution >= 0.6 is 11.3 Å². The molecule has 6 nitrogen and oxygen atoms in total. The fraction of sp³-hybridized carbons (Fsp3) is 0.294. The molecule has 0 radical (unpaired) electrons. The summed E-state index contributed by atoms with van der Waals surface area (Å²) >= 11 is 1.53. The van der Waals surface area contributed by atoms with Gasteiger partial charge in [0.05, 0.1) is 28.0 Å². The molecular weight excluding hydrogens is 324 g/mol. The standard InChI is InChI=1S/C17H16N4O2S/c1-11-2-5-16(22)21(19-11)9-12-7-20(8-12)17(23)13-3-4-14-15(6-13)24-10-18-14/h2-6,10,12H,7-9H2,1H3. The molecule has 2 aromatic heterocycles. The van der Waals surface area contributed by atoms with Gasteiger partial charge in [-0.1, -0.05) is 0 Å². The van der Waals surface area contributed by atoms with Crippen LogP contribution in [-0.2, 0) is 6.54 Å². The zero-order valence-corrected chi connectivity index (χ0v) is 14.0. The first kappa shape index (κ1) is 15.0. The molecule has 0 N–H and O–H groups in total. The van der Waals surface area contributed by atoms with Crippen molar-refractivity contribution in [2.75, 3.05) is 13.1 Å². The van der Waals surface area contributed by atoms with Gasteiger partial charge in [0.25, 0.3) is 11.5 Å². The van der Waals surface area contributed by atoms with Crippen molar-refractivity contribution in [3.63, 3.8) is 0 Å². The predicted molar refractivity (Wildman–Crippen MR) is 92.2 cm³/mol. The molecule has 1 aromatic carbocycles. The third-order valence-corrected chi connectivity index (χ3v) is 5.05. The maximum Gasteiger partial charge on any atom is 0.266 e. The molecule has 1 amide bonds. The largest absolute Gasteiger partial charge is 0.338 e. The Balaban J connectivity index is 1.42. The van der Waals surface area contributed by atoms with Crippen molar-refractivity contribution >= 4 is 27.5 Å². The lowest BCUT2D eigenvalue weighted by atomic mass is 9.99. The maximum atomic E-state index is 12.5. The van der Waals surface area contributed by atoms with E-state index in [2.05, 4.69) is 10.1 Å². The second kappa shape index (κ2) is 5.83. The summed E-state index contributed by atoms with van der Waals surface area (Å²) in [5.74, 6) is 0.305. The lowest BCUT2D eigenvalue weighted by molar-refractivity contribution is 0.0458. The number of carbonyl (C=O) groups excluding carboxylic acids is 1. The number of hydrogen-bond acceptors (Lipinski definition) is 5. The molecule has 1 saturated heterocycles. The van der Waals surface area contributed by atoms with Crippen molar-refractivity contribution in [2.24, 2.45) is 5.92 Å². The molecule has 1 aliphatic heterocycles. The molecule has 0 aliphatic carbocycles. The molecule has 1 fully saturated rings. The van der Waals surface area contributed by atoms with Gasteiger partial charge in [0.2, 0.25) is 0 Å². The van der Waals surface area contributed by atoms with E-state index >= 15 is 0 Å². The molecule has 0 bridgehead atoms. The van der Waals surface area contributed by atoms with Gasteiger partial charge >= 0.3 is 0 Å². The molecule has 1 aliphatic rings. The second-order valence-corrected chi connectivity index (χ2v) is 6.99. The average Bonchev–Trinajstić information content (AvgIpc) is 3.00. The van der Waals surface area contributed by atoms with Crippen molar-refractivity contribution < 1.29 is 4.79 Å². The smallest absolute Gasteiger partial charge is 0.266 e. The number of benzene rings is 1. The van der Waals surface area contributed by atoms with Crippen molar-refractivity contribution in [1.29, 1.82) is 0 Å². The number of rotatable bonds is 3. The minimum absolute atomic E-state index is 0.0334. The number of hydrogen-bond donors (Lipinski definition) is 0. The first-order valence-corrected chi connectivity index (χ1v) is 8.65. The highest BCUT2D eigenvalue weighted by Crippen LogP contribution is 2.23. The Hall–Kier alpha value is -2.54. The number of nitrogens with zero attached hydrogens (tertiary/aromatic N) is 4. The average molecular weight is 340 g/mol. The highest BCUT2D eigenvalue weighted by Gasteiger charge is 2.31. The maximum absolute atomic E-state index is 12.5. The number of thiazole rings is 1. The number of likely N-dealkylation sites (tertiary alicyclic amines) is 1. The van der Waals surface area contributed by atoms with Crippen LogP contribution in [0.2, 0.25) is 0 Å². The summed E-state index contributed by atoms with van der Waals surface area (Å²) in [6.07, 6.45) is 0. The van der Waals surface area contributed by atoms with Crippen LogP contribution in [0.1, 0.15) is 16.1 Å². The molecule has 7 heteroatoms. The Morgan fingerprint density at radius 3 is 2.96 bits per heavy atom.